The number of benzene rings is 2. The van der Waals surface area contributed by atoms with Gasteiger partial charge in [0.2, 0.25) is 0 Å². The monoisotopic (exact) mass is 284 g/mol. The molecule has 0 fully saturated rings. The van der Waals surface area contributed by atoms with Gasteiger partial charge in [-0.05, 0) is 30.0 Å². The fourth-order valence-corrected chi connectivity index (χ4v) is 2.38. The van der Waals surface area contributed by atoms with Gasteiger partial charge in [0.05, 0.1) is 0 Å². The molecule has 0 saturated carbocycles. The van der Waals surface area contributed by atoms with E-state index in [9.17, 15) is 0 Å². The third-order valence-electron chi connectivity index (χ3n) is 3.59. The van der Waals surface area contributed by atoms with Crippen LogP contribution in [-0.4, -0.2) is 13.2 Å². The predicted molar refractivity (Wildman–Crippen MR) is 87.7 cm³/mol. The first kappa shape index (κ1) is 15.6. The van der Waals surface area contributed by atoms with Gasteiger partial charge in [-0.3, -0.25) is 0 Å². The van der Waals surface area contributed by atoms with Crippen LogP contribution >= 0.6 is 0 Å². The molecule has 2 N–H and O–H groups in total. The number of hydrogen-bond acceptors (Lipinski definition) is 1. The van der Waals surface area contributed by atoms with E-state index in [0.29, 0.717) is 5.92 Å². The molecule has 0 aromatic heterocycles. The molecule has 2 nitrogen and oxygen atoms in total. The zero-order chi connectivity index (χ0) is 15.1. The lowest BCUT2D eigenvalue weighted by molar-refractivity contribution is -0.671. The number of nitrogens with two attached hydrogens (primary N) is 1. The number of ether oxygens (including phenoxy) is 1. The van der Waals surface area contributed by atoms with Crippen LogP contribution in [0.4, 0.5) is 0 Å². The van der Waals surface area contributed by atoms with Gasteiger partial charge in [0.1, 0.15) is 25.4 Å². The highest BCUT2D eigenvalue weighted by atomic mass is 16.5. The summed E-state index contributed by atoms with van der Waals surface area (Å²) >= 11 is 0. The molecule has 0 saturated heterocycles. The fourth-order valence-electron chi connectivity index (χ4n) is 2.38. The summed E-state index contributed by atoms with van der Waals surface area (Å²) in [5.41, 5.74) is 3.90. The second-order valence-corrected chi connectivity index (χ2v) is 5.81. The van der Waals surface area contributed by atoms with Crippen LogP contribution in [0.1, 0.15) is 36.5 Å². The van der Waals surface area contributed by atoms with Crippen molar-refractivity contribution in [2.45, 2.75) is 33.2 Å². The third kappa shape index (κ3) is 4.91. The van der Waals surface area contributed by atoms with Gasteiger partial charge in [0, 0.05) is 5.56 Å². The van der Waals surface area contributed by atoms with Gasteiger partial charge in [-0.2, -0.15) is 0 Å². The molecule has 0 heterocycles. The zero-order valence-corrected chi connectivity index (χ0v) is 13.3. The van der Waals surface area contributed by atoms with Gasteiger partial charge in [-0.15, -0.1) is 0 Å². The topological polar surface area (TPSA) is 25.8 Å². The van der Waals surface area contributed by atoms with Gasteiger partial charge in [0.25, 0.3) is 0 Å². The van der Waals surface area contributed by atoms with Gasteiger partial charge < -0.3 is 10.1 Å². The van der Waals surface area contributed by atoms with Crippen molar-refractivity contribution in [3.8, 4) is 5.75 Å². The molecule has 2 aromatic rings. The predicted octanol–water partition coefficient (Wildman–Crippen LogP) is 3.26. The molecule has 2 aromatic carbocycles. The Balaban J connectivity index is 1.79. The highest BCUT2D eigenvalue weighted by Gasteiger charge is 2.08. The minimum Gasteiger partial charge on any atom is -0.487 e. The van der Waals surface area contributed by atoms with Gasteiger partial charge in [0.15, 0.2) is 0 Å². The molecule has 0 aliphatic rings. The summed E-state index contributed by atoms with van der Waals surface area (Å²) in [6, 6.07) is 17.0. The number of hydrogen-bond donors (Lipinski definition) is 1. The summed E-state index contributed by atoms with van der Waals surface area (Å²) in [7, 11) is 0. The van der Waals surface area contributed by atoms with E-state index < -0.39 is 0 Å². The molecule has 2 rings (SSSR count). The van der Waals surface area contributed by atoms with Crippen molar-refractivity contribution < 1.29 is 10.1 Å². The lowest BCUT2D eigenvalue weighted by atomic mass is 10.0. The van der Waals surface area contributed by atoms with Crippen molar-refractivity contribution >= 4 is 0 Å². The fraction of sp³-hybridized carbons (Fsp3) is 0.368. The van der Waals surface area contributed by atoms with Crippen LogP contribution in [-0.2, 0) is 6.54 Å². The molecule has 112 valence electrons. The first-order chi connectivity index (χ1) is 10.2. The van der Waals surface area contributed by atoms with Crippen LogP contribution < -0.4 is 10.1 Å². The second kappa shape index (κ2) is 7.84. The maximum Gasteiger partial charge on any atom is 0.137 e. The highest BCUT2D eigenvalue weighted by molar-refractivity contribution is 5.39. The molecular formula is C19H26NO+. The summed E-state index contributed by atoms with van der Waals surface area (Å²) in [4.78, 5) is 0. The first-order valence-electron chi connectivity index (χ1n) is 7.75. The minimum atomic E-state index is 0.494. The van der Waals surface area contributed by atoms with E-state index >= 15 is 0 Å². The maximum atomic E-state index is 5.99. The number of rotatable bonds is 7. The Morgan fingerprint density at radius 2 is 1.81 bits per heavy atom. The van der Waals surface area contributed by atoms with Crippen molar-refractivity contribution in [1.82, 2.24) is 0 Å². The van der Waals surface area contributed by atoms with E-state index in [2.05, 4.69) is 74.6 Å². The summed E-state index contributed by atoms with van der Waals surface area (Å²) in [5, 5.41) is 2.29. The first-order valence-corrected chi connectivity index (χ1v) is 7.75. The molecule has 0 atom stereocenters. The average molecular weight is 284 g/mol. The summed E-state index contributed by atoms with van der Waals surface area (Å²) in [6.45, 7) is 9.25. The van der Waals surface area contributed by atoms with Crippen LogP contribution in [0.25, 0.3) is 0 Å². The third-order valence-corrected chi connectivity index (χ3v) is 3.59. The molecule has 0 radical (unpaired) electrons. The van der Waals surface area contributed by atoms with E-state index in [1.54, 1.807) is 0 Å². The van der Waals surface area contributed by atoms with E-state index in [1.807, 2.05) is 0 Å². The maximum absolute atomic E-state index is 5.99. The molecule has 0 amide bonds. The smallest absolute Gasteiger partial charge is 0.137 e. The van der Waals surface area contributed by atoms with E-state index in [0.717, 1.165) is 25.4 Å². The van der Waals surface area contributed by atoms with Crippen molar-refractivity contribution in [3.63, 3.8) is 0 Å². The average Bonchev–Trinajstić information content (AvgIpc) is 2.48. The number of quaternary nitrogens is 1. The summed E-state index contributed by atoms with van der Waals surface area (Å²) < 4.78 is 5.99. The van der Waals surface area contributed by atoms with Crippen LogP contribution in [0.2, 0.25) is 0 Å². The normalized spacial score (nSPS) is 10.9. The van der Waals surface area contributed by atoms with E-state index in [-0.39, 0.29) is 0 Å². The molecular weight excluding hydrogens is 258 g/mol. The standard InChI is InChI=1S/C19H25NO/c1-15(2)18-10-9-16(3)13-19(18)21-12-11-20-14-17-7-5-4-6-8-17/h4-10,13,15,20H,11-12,14H2,1-3H3/p+1. The van der Waals surface area contributed by atoms with Gasteiger partial charge in [-0.1, -0.05) is 56.3 Å². The van der Waals surface area contributed by atoms with Crippen molar-refractivity contribution in [2.24, 2.45) is 0 Å². The Hall–Kier alpha value is -1.80. The van der Waals surface area contributed by atoms with E-state index in [4.69, 9.17) is 4.74 Å². The largest absolute Gasteiger partial charge is 0.487 e. The lowest BCUT2D eigenvalue weighted by Gasteiger charge is -2.14. The molecule has 0 bridgehead atoms. The summed E-state index contributed by atoms with van der Waals surface area (Å²) in [6.07, 6.45) is 0. The van der Waals surface area contributed by atoms with Crippen LogP contribution in [0.3, 0.4) is 0 Å². The summed E-state index contributed by atoms with van der Waals surface area (Å²) in [5.74, 6) is 1.53. The quantitative estimate of drug-likeness (QED) is 0.776. The zero-order valence-electron chi connectivity index (χ0n) is 13.3. The molecule has 2 heteroatoms. The minimum absolute atomic E-state index is 0.494. The highest BCUT2D eigenvalue weighted by Crippen LogP contribution is 2.27. The van der Waals surface area contributed by atoms with Gasteiger partial charge >= 0.3 is 0 Å². The Morgan fingerprint density at radius 1 is 1.05 bits per heavy atom. The Kier molecular flexibility index (Phi) is 5.82. The van der Waals surface area contributed by atoms with Crippen molar-refractivity contribution in [1.29, 1.82) is 0 Å². The van der Waals surface area contributed by atoms with Crippen molar-refractivity contribution in [2.75, 3.05) is 13.2 Å². The van der Waals surface area contributed by atoms with Crippen molar-refractivity contribution in [3.05, 3.63) is 65.2 Å². The van der Waals surface area contributed by atoms with Crippen LogP contribution in [0.5, 0.6) is 5.75 Å². The lowest BCUT2D eigenvalue weighted by Crippen LogP contribution is -2.83. The van der Waals surface area contributed by atoms with Crippen LogP contribution in [0, 0.1) is 6.92 Å². The number of aryl methyl sites for hydroxylation is 1. The molecule has 0 spiro atoms. The Labute approximate surface area is 128 Å². The van der Waals surface area contributed by atoms with E-state index in [1.165, 1.54) is 16.7 Å². The molecule has 0 aliphatic heterocycles. The molecule has 0 unspecified atom stereocenters. The molecule has 21 heavy (non-hydrogen) atoms. The SMILES string of the molecule is Cc1ccc(C(C)C)c(OCC[NH2+]Cc2ccccc2)c1. The van der Waals surface area contributed by atoms with Crippen LogP contribution in [0.15, 0.2) is 48.5 Å². The second-order valence-electron chi connectivity index (χ2n) is 5.81. The Morgan fingerprint density at radius 3 is 2.52 bits per heavy atom. The molecule has 0 aliphatic carbocycles. The Bertz CT molecular complexity index is 549. The van der Waals surface area contributed by atoms with Gasteiger partial charge in [-0.25, -0.2) is 0 Å².